The van der Waals surface area contributed by atoms with Crippen molar-refractivity contribution < 1.29 is 14.3 Å². The van der Waals surface area contributed by atoms with Crippen LogP contribution in [-0.4, -0.2) is 38.0 Å². The van der Waals surface area contributed by atoms with E-state index in [4.69, 9.17) is 9.47 Å². The quantitative estimate of drug-likeness (QED) is 0.930. The Morgan fingerprint density at radius 1 is 1.29 bits per heavy atom. The Hall–Kier alpha value is -1.75. The number of benzene rings is 1. The minimum absolute atomic E-state index is 0.390. The smallest absolute Gasteiger partial charge is 0.407 e. The number of amides is 1. The van der Waals surface area contributed by atoms with Crippen LogP contribution in [0.4, 0.5) is 10.5 Å². The number of hydrogen-bond donors (Lipinski definition) is 1. The van der Waals surface area contributed by atoms with E-state index in [0.29, 0.717) is 6.54 Å². The summed E-state index contributed by atoms with van der Waals surface area (Å²) in [5, 5.41) is 2.82. The first-order valence-electron chi connectivity index (χ1n) is 7.33. The Morgan fingerprint density at radius 3 is 2.62 bits per heavy atom. The highest BCUT2D eigenvalue weighted by Gasteiger charge is 2.17. The first-order chi connectivity index (χ1) is 9.96. The Morgan fingerprint density at radius 2 is 1.95 bits per heavy atom. The molecule has 0 unspecified atom stereocenters. The molecule has 0 aliphatic carbocycles. The van der Waals surface area contributed by atoms with Crippen LogP contribution in [0, 0.1) is 0 Å². The van der Waals surface area contributed by atoms with Gasteiger partial charge in [0.1, 0.15) is 5.60 Å². The molecule has 0 atom stereocenters. The van der Waals surface area contributed by atoms with Crippen LogP contribution in [0.2, 0.25) is 0 Å². The summed E-state index contributed by atoms with van der Waals surface area (Å²) in [6.07, 6.45) is -0.390. The van der Waals surface area contributed by atoms with Gasteiger partial charge >= 0.3 is 6.09 Å². The zero-order valence-electron chi connectivity index (χ0n) is 13.0. The Kier molecular flexibility index (Phi) is 5.07. The molecule has 1 aromatic rings. The molecule has 116 valence electrons. The van der Waals surface area contributed by atoms with Crippen molar-refractivity contribution in [3.8, 4) is 0 Å². The van der Waals surface area contributed by atoms with Crippen molar-refractivity contribution in [2.24, 2.45) is 0 Å². The molecule has 5 heteroatoms. The number of alkyl carbamates (subject to hydrolysis) is 1. The number of hydrogen-bond acceptors (Lipinski definition) is 4. The second kappa shape index (κ2) is 6.80. The third-order valence-corrected chi connectivity index (χ3v) is 3.17. The lowest BCUT2D eigenvalue weighted by Gasteiger charge is -2.30. The molecule has 0 radical (unpaired) electrons. The summed E-state index contributed by atoms with van der Waals surface area (Å²) >= 11 is 0. The van der Waals surface area contributed by atoms with Crippen molar-refractivity contribution in [3.05, 3.63) is 29.8 Å². The standard InChI is InChI=1S/C16H24N2O3/c1-16(2,3)21-15(19)17-12-13-6-4-5-7-14(13)18-8-10-20-11-9-18/h4-7H,8-12H2,1-3H3,(H,17,19). The lowest BCUT2D eigenvalue weighted by Crippen LogP contribution is -2.37. The molecule has 21 heavy (non-hydrogen) atoms. The summed E-state index contributed by atoms with van der Waals surface area (Å²) < 4.78 is 10.6. The van der Waals surface area contributed by atoms with Crippen LogP contribution >= 0.6 is 0 Å². The molecule has 1 aliphatic rings. The lowest BCUT2D eigenvalue weighted by atomic mass is 10.1. The molecule has 1 fully saturated rings. The van der Waals surface area contributed by atoms with Crippen molar-refractivity contribution in [2.45, 2.75) is 32.9 Å². The van der Waals surface area contributed by atoms with E-state index in [2.05, 4.69) is 16.3 Å². The number of nitrogens with one attached hydrogen (secondary N) is 1. The number of nitrogens with zero attached hydrogens (tertiary/aromatic N) is 1. The molecule has 0 saturated carbocycles. The van der Waals surface area contributed by atoms with Gasteiger partial charge in [-0.15, -0.1) is 0 Å². The highest BCUT2D eigenvalue weighted by molar-refractivity contribution is 5.68. The molecule has 1 heterocycles. The van der Waals surface area contributed by atoms with E-state index in [0.717, 1.165) is 37.6 Å². The average molecular weight is 292 g/mol. The molecule has 1 amide bonds. The minimum Gasteiger partial charge on any atom is -0.444 e. The molecule has 1 N–H and O–H groups in total. The van der Waals surface area contributed by atoms with Gasteiger partial charge in [0.25, 0.3) is 0 Å². The van der Waals surface area contributed by atoms with Crippen molar-refractivity contribution in [3.63, 3.8) is 0 Å². The fourth-order valence-electron chi connectivity index (χ4n) is 2.25. The van der Waals surface area contributed by atoms with Gasteiger partial charge < -0.3 is 19.7 Å². The fourth-order valence-corrected chi connectivity index (χ4v) is 2.25. The van der Waals surface area contributed by atoms with E-state index in [1.165, 1.54) is 0 Å². The maximum Gasteiger partial charge on any atom is 0.407 e. The molecule has 1 aliphatic heterocycles. The summed E-state index contributed by atoms with van der Waals surface area (Å²) in [5.41, 5.74) is 1.76. The first-order valence-corrected chi connectivity index (χ1v) is 7.33. The average Bonchev–Trinajstić information content (AvgIpc) is 2.45. The van der Waals surface area contributed by atoms with Crippen molar-refractivity contribution in [1.29, 1.82) is 0 Å². The van der Waals surface area contributed by atoms with Crippen LogP contribution in [0.1, 0.15) is 26.3 Å². The van der Waals surface area contributed by atoms with Crippen LogP contribution in [-0.2, 0) is 16.0 Å². The zero-order chi connectivity index (χ0) is 15.3. The van der Waals surface area contributed by atoms with Gasteiger partial charge in [0, 0.05) is 25.3 Å². The van der Waals surface area contributed by atoms with Crippen molar-refractivity contribution in [2.75, 3.05) is 31.2 Å². The van der Waals surface area contributed by atoms with Gasteiger partial charge in [-0.1, -0.05) is 18.2 Å². The van der Waals surface area contributed by atoms with Crippen LogP contribution in [0.3, 0.4) is 0 Å². The molecule has 0 bridgehead atoms. The second-order valence-electron chi connectivity index (χ2n) is 6.08. The topological polar surface area (TPSA) is 50.8 Å². The number of rotatable bonds is 3. The lowest BCUT2D eigenvalue weighted by molar-refractivity contribution is 0.0523. The Labute approximate surface area is 126 Å². The SMILES string of the molecule is CC(C)(C)OC(=O)NCc1ccccc1N1CCOCC1. The largest absolute Gasteiger partial charge is 0.444 e. The maximum atomic E-state index is 11.8. The molecule has 5 nitrogen and oxygen atoms in total. The maximum absolute atomic E-state index is 11.8. The molecular formula is C16H24N2O3. The summed E-state index contributed by atoms with van der Waals surface area (Å²) in [6, 6.07) is 8.11. The van der Waals surface area contributed by atoms with E-state index in [9.17, 15) is 4.79 Å². The molecule has 1 aromatic carbocycles. The monoisotopic (exact) mass is 292 g/mol. The third-order valence-electron chi connectivity index (χ3n) is 3.17. The zero-order valence-corrected chi connectivity index (χ0v) is 13.0. The van der Waals surface area contributed by atoms with E-state index >= 15 is 0 Å². The predicted octanol–water partition coefficient (Wildman–Crippen LogP) is 2.55. The van der Waals surface area contributed by atoms with E-state index in [1.54, 1.807) is 0 Å². The van der Waals surface area contributed by atoms with Crippen LogP contribution in [0.5, 0.6) is 0 Å². The van der Waals surface area contributed by atoms with E-state index < -0.39 is 5.60 Å². The normalized spacial score (nSPS) is 15.7. The minimum atomic E-state index is -0.478. The number of carbonyl (C=O) groups excluding carboxylic acids is 1. The number of carbonyl (C=O) groups is 1. The summed E-state index contributed by atoms with van der Waals surface area (Å²) in [6.45, 7) is 9.27. The second-order valence-corrected chi connectivity index (χ2v) is 6.08. The fraction of sp³-hybridized carbons (Fsp3) is 0.562. The third kappa shape index (κ3) is 4.93. The van der Waals surface area contributed by atoms with Crippen molar-refractivity contribution >= 4 is 11.8 Å². The molecule has 0 aromatic heterocycles. The van der Waals surface area contributed by atoms with Crippen LogP contribution in [0.15, 0.2) is 24.3 Å². The number of morpholine rings is 1. The van der Waals surface area contributed by atoms with Gasteiger partial charge in [-0.25, -0.2) is 4.79 Å². The van der Waals surface area contributed by atoms with Gasteiger partial charge in [-0.05, 0) is 32.4 Å². The summed E-state index contributed by atoms with van der Waals surface area (Å²) in [5.74, 6) is 0. The molecule has 0 spiro atoms. The number of ether oxygens (including phenoxy) is 2. The molecule has 1 saturated heterocycles. The van der Waals surface area contributed by atoms with Gasteiger partial charge in [-0.3, -0.25) is 0 Å². The highest BCUT2D eigenvalue weighted by atomic mass is 16.6. The van der Waals surface area contributed by atoms with Gasteiger partial charge in [-0.2, -0.15) is 0 Å². The van der Waals surface area contributed by atoms with Crippen LogP contribution < -0.4 is 10.2 Å². The van der Waals surface area contributed by atoms with Crippen molar-refractivity contribution in [1.82, 2.24) is 5.32 Å². The number of anilines is 1. The van der Waals surface area contributed by atoms with E-state index in [-0.39, 0.29) is 6.09 Å². The molecule has 2 rings (SSSR count). The predicted molar refractivity (Wildman–Crippen MR) is 82.5 cm³/mol. The number of para-hydroxylation sites is 1. The van der Waals surface area contributed by atoms with E-state index in [1.807, 2.05) is 39.0 Å². The Balaban J connectivity index is 1.98. The van der Waals surface area contributed by atoms with Gasteiger partial charge in [0.2, 0.25) is 0 Å². The first kappa shape index (κ1) is 15.6. The van der Waals surface area contributed by atoms with Gasteiger partial charge in [0.05, 0.1) is 13.2 Å². The summed E-state index contributed by atoms with van der Waals surface area (Å²) in [4.78, 5) is 14.0. The molecular weight excluding hydrogens is 268 g/mol. The van der Waals surface area contributed by atoms with Crippen LogP contribution in [0.25, 0.3) is 0 Å². The Bertz CT molecular complexity index is 477. The summed E-state index contributed by atoms with van der Waals surface area (Å²) in [7, 11) is 0. The highest BCUT2D eigenvalue weighted by Crippen LogP contribution is 2.21. The van der Waals surface area contributed by atoms with Gasteiger partial charge in [0.15, 0.2) is 0 Å².